The molecule has 1 fully saturated rings. The van der Waals surface area contributed by atoms with E-state index in [1.54, 1.807) is 17.0 Å². The minimum absolute atomic E-state index is 0.129. The predicted molar refractivity (Wildman–Crippen MR) is 135 cm³/mol. The van der Waals surface area contributed by atoms with Crippen LogP contribution in [0.1, 0.15) is 56.3 Å². The molecule has 1 saturated heterocycles. The lowest BCUT2D eigenvalue weighted by Gasteiger charge is -2.27. The number of amides is 1. The van der Waals surface area contributed by atoms with Crippen LogP contribution in [0.15, 0.2) is 54.1 Å². The second-order valence-corrected chi connectivity index (χ2v) is 8.66. The second kappa shape index (κ2) is 11.8. The molecule has 0 aliphatic carbocycles. The van der Waals surface area contributed by atoms with Crippen molar-refractivity contribution in [3.05, 3.63) is 70.8 Å². The van der Waals surface area contributed by atoms with Crippen molar-refractivity contribution in [1.82, 2.24) is 9.80 Å². The first-order valence-electron chi connectivity index (χ1n) is 12.2. The molecule has 1 heterocycles. The van der Waals surface area contributed by atoms with Gasteiger partial charge in [0.2, 0.25) is 0 Å². The van der Waals surface area contributed by atoms with Crippen LogP contribution in [0.5, 0.6) is 5.75 Å². The van der Waals surface area contributed by atoms with Crippen molar-refractivity contribution in [1.29, 1.82) is 0 Å². The highest BCUT2D eigenvalue weighted by molar-refractivity contribution is 6.46. The molecule has 1 aliphatic heterocycles. The van der Waals surface area contributed by atoms with Crippen LogP contribution >= 0.6 is 0 Å². The Morgan fingerprint density at radius 3 is 2.41 bits per heavy atom. The third-order valence-electron chi connectivity index (χ3n) is 6.28. The molecule has 1 atom stereocenters. The van der Waals surface area contributed by atoms with E-state index in [9.17, 15) is 14.7 Å². The van der Waals surface area contributed by atoms with Gasteiger partial charge >= 0.3 is 0 Å². The molecule has 0 radical (unpaired) electrons. The Bertz CT molecular complexity index is 1020. The summed E-state index contributed by atoms with van der Waals surface area (Å²) in [5.41, 5.74) is 2.45. The zero-order valence-electron chi connectivity index (χ0n) is 20.7. The summed E-state index contributed by atoms with van der Waals surface area (Å²) < 4.78 is 5.81. The number of hydrogen-bond donors (Lipinski definition) is 1. The van der Waals surface area contributed by atoms with Crippen molar-refractivity contribution in [2.24, 2.45) is 0 Å². The third kappa shape index (κ3) is 5.68. The predicted octanol–water partition coefficient (Wildman–Crippen LogP) is 4.94. The molecule has 1 N–H and O–H groups in total. The lowest BCUT2D eigenvalue weighted by Crippen LogP contribution is -2.33. The summed E-state index contributed by atoms with van der Waals surface area (Å²) in [6.07, 6.45) is 1.61. The van der Waals surface area contributed by atoms with E-state index in [-0.39, 0.29) is 11.3 Å². The first-order chi connectivity index (χ1) is 16.4. The van der Waals surface area contributed by atoms with Gasteiger partial charge in [0, 0.05) is 12.1 Å². The molecule has 34 heavy (non-hydrogen) atoms. The summed E-state index contributed by atoms with van der Waals surface area (Å²) in [4.78, 5) is 30.2. The van der Waals surface area contributed by atoms with Gasteiger partial charge in [0.25, 0.3) is 11.7 Å². The fraction of sp³-hybridized carbons (Fsp3) is 0.429. The number of aryl methyl sites for hydroxylation is 1. The normalized spacial score (nSPS) is 17.6. The van der Waals surface area contributed by atoms with Gasteiger partial charge in [-0.25, -0.2) is 0 Å². The number of aliphatic hydroxyl groups is 1. The number of rotatable bonds is 11. The van der Waals surface area contributed by atoms with Crippen LogP contribution in [0.25, 0.3) is 5.76 Å². The molecule has 2 aromatic rings. The summed E-state index contributed by atoms with van der Waals surface area (Å²) >= 11 is 0. The van der Waals surface area contributed by atoms with E-state index in [4.69, 9.17) is 4.74 Å². The largest absolute Gasteiger partial charge is 0.507 e. The van der Waals surface area contributed by atoms with Crippen molar-refractivity contribution in [2.75, 3.05) is 32.8 Å². The zero-order valence-corrected chi connectivity index (χ0v) is 20.7. The molecule has 1 aliphatic rings. The highest BCUT2D eigenvalue weighted by atomic mass is 16.5. The summed E-state index contributed by atoms with van der Waals surface area (Å²) in [7, 11) is 0. The van der Waals surface area contributed by atoms with Gasteiger partial charge in [-0.3, -0.25) is 9.59 Å². The molecule has 1 amide bonds. The van der Waals surface area contributed by atoms with Crippen molar-refractivity contribution >= 4 is 17.4 Å². The second-order valence-electron chi connectivity index (χ2n) is 8.66. The van der Waals surface area contributed by atoms with Crippen molar-refractivity contribution in [2.45, 2.75) is 46.6 Å². The molecule has 3 rings (SSSR count). The van der Waals surface area contributed by atoms with Crippen molar-refractivity contribution in [3.8, 4) is 5.75 Å². The standard InChI is InChI=1S/C28H36N2O4/c1-5-18-34-23-11-8-10-22(19-23)25-24(26(31)21-14-12-20(4)13-15-21)27(32)28(33)30(25)17-9-16-29(6-2)7-3/h8,10-15,19,25,31H,5-7,9,16-18H2,1-4H3/t25-/m1/s1. The van der Waals surface area contributed by atoms with Crippen LogP contribution in [0, 0.1) is 6.92 Å². The maximum absolute atomic E-state index is 13.2. The van der Waals surface area contributed by atoms with Gasteiger partial charge in [-0.2, -0.15) is 0 Å². The van der Waals surface area contributed by atoms with Crippen LogP contribution in [0.3, 0.4) is 0 Å². The molecule has 0 unspecified atom stereocenters. The van der Waals surface area contributed by atoms with Crippen molar-refractivity contribution < 1.29 is 19.4 Å². The number of carbonyl (C=O) groups is 2. The molecule has 0 saturated carbocycles. The van der Waals surface area contributed by atoms with Crippen LogP contribution < -0.4 is 4.74 Å². The smallest absolute Gasteiger partial charge is 0.295 e. The minimum Gasteiger partial charge on any atom is -0.507 e. The van der Waals surface area contributed by atoms with Crippen molar-refractivity contribution in [3.63, 3.8) is 0 Å². The number of likely N-dealkylation sites (tertiary alicyclic amines) is 1. The Morgan fingerprint density at radius 1 is 1.06 bits per heavy atom. The van der Waals surface area contributed by atoms with Gasteiger partial charge in [-0.1, -0.05) is 62.7 Å². The zero-order chi connectivity index (χ0) is 24.7. The van der Waals surface area contributed by atoms with E-state index in [2.05, 4.69) is 18.7 Å². The first-order valence-corrected chi connectivity index (χ1v) is 12.2. The summed E-state index contributed by atoms with van der Waals surface area (Å²) in [5.74, 6) is -0.679. The molecule has 0 spiro atoms. The highest BCUT2D eigenvalue weighted by Gasteiger charge is 2.45. The van der Waals surface area contributed by atoms with Crippen LogP contribution in [0.4, 0.5) is 0 Å². The number of ether oxygens (including phenoxy) is 1. The third-order valence-corrected chi connectivity index (χ3v) is 6.28. The van der Waals surface area contributed by atoms with Gasteiger partial charge in [0.05, 0.1) is 18.2 Å². The summed E-state index contributed by atoms with van der Waals surface area (Å²) in [6.45, 7) is 11.9. The molecule has 6 nitrogen and oxygen atoms in total. The molecule has 2 aromatic carbocycles. The lowest BCUT2D eigenvalue weighted by atomic mass is 9.95. The number of carbonyl (C=O) groups excluding carboxylic acids is 2. The maximum atomic E-state index is 13.2. The SMILES string of the molecule is CCCOc1cccc([C@@H]2C(=C(O)c3ccc(C)cc3)C(=O)C(=O)N2CCCN(CC)CC)c1. The quantitative estimate of drug-likeness (QED) is 0.290. The van der Waals surface area contributed by atoms with Gasteiger partial charge in [-0.05, 0) is 57.1 Å². The van der Waals surface area contributed by atoms with Gasteiger partial charge in [0.15, 0.2) is 0 Å². The van der Waals surface area contributed by atoms with Gasteiger partial charge in [0.1, 0.15) is 11.5 Å². The Kier molecular flexibility index (Phi) is 8.88. The van der Waals surface area contributed by atoms with Crippen LogP contribution in [-0.4, -0.2) is 59.4 Å². The van der Waals surface area contributed by atoms with Gasteiger partial charge in [-0.15, -0.1) is 0 Å². The maximum Gasteiger partial charge on any atom is 0.295 e. The Hall–Kier alpha value is -3.12. The Labute approximate surface area is 202 Å². The minimum atomic E-state index is -0.664. The van der Waals surface area contributed by atoms with E-state index < -0.39 is 17.7 Å². The summed E-state index contributed by atoms with van der Waals surface area (Å²) in [6, 6.07) is 14.1. The molecular formula is C28H36N2O4. The number of benzene rings is 2. The molecular weight excluding hydrogens is 428 g/mol. The average Bonchev–Trinajstić information content (AvgIpc) is 3.10. The average molecular weight is 465 g/mol. The van der Waals surface area contributed by atoms with E-state index in [0.717, 1.165) is 43.6 Å². The van der Waals surface area contributed by atoms with E-state index in [1.165, 1.54) is 0 Å². The Balaban J connectivity index is 2.03. The van der Waals surface area contributed by atoms with Crippen LogP contribution in [-0.2, 0) is 9.59 Å². The molecule has 0 bridgehead atoms. The first kappa shape index (κ1) is 25.5. The molecule has 0 aromatic heterocycles. The number of ketones is 1. The molecule has 182 valence electrons. The van der Waals surface area contributed by atoms with E-state index in [0.29, 0.717) is 24.5 Å². The molecule has 6 heteroatoms. The van der Waals surface area contributed by atoms with E-state index in [1.807, 2.05) is 50.2 Å². The van der Waals surface area contributed by atoms with Gasteiger partial charge < -0.3 is 19.6 Å². The summed E-state index contributed by atoms with van der Waals surface area (Å²) in [5, 5.41) is 11.2. The highest BCUT2D eigenvalue weighted by Crippen LogP contribution is 2.40. The van der Waals surface area contributed by atoms with E-state index >= 15 is 0 Å². The lowest BCUT2D eigenvalue weighted by molar-refractivity contribution is -0.140. The number of nitrogens with zero attached hydrogens (tertiary/aromatic N) is 2. The topological polar surface area (TPSA) is 70.1 Å². The van der Waals surface area contributed by atoms with Crippen LogP contribution in [0.2, 0.25) is 0 Å². The number of aliphatic hydroxyl groups excluding tert-OH is 1. The fourth-order valence-corrected chi connectivity index (χ4v) is 4.32. The number of Topliss-reactive ketones (excluding diaryl/α,β-unsaturated/α-hetero) is 1. The number of hydrogen-bond acceptors (Lipinski definition) is 5. The Morgan fingerprint density at radius 2 is 1.76 bits per heavy atom. The fourth-order valence-electron chi connectivity index (χ4n) is 4.32. The monoisotopic (exact) mass is 464 g/mol.